The first-order valence-corrected chi connectivity index (χ1v) is 16.7. The van der Waals surface area contributed by atoms with Crippen molar-refractivity contribution >= 4 is 0 Å². The molecule has 232 valence electrons. The highest BCUT2D eigenvalue weighted by atomic mass is 15.0. The molecule has 0 spiro atoms. The number of rotatable bonds is 15. The maximum atomic E-state index is 4.42. The van der Waals surface area contributed by atoms with E-state index in [0.717, 1.165) is 50.6 Å². The summed E-state index contributed by atoms with van der Waals surface area (Å²) in [6.07, 6.45) is 7.24. The fraction of sp³-hybridized carbons (Fsp3) is 0.395. The van der Waals surface area contributed by atoms with Crippen molar-refractivity contribution in [3.8, 4) is 0 Å². The van der Waals surface area contributed by atoms with E-state index < -0.39 is 0 Å². The zero-order valence-corrected chi connectivity index (χ0v) is 28.5. The smallest absolute Gasteiger partial charge is 0.0451 e. The summed E-state index contributed by atoms with van der Waals surface area (Å²) in [6.45, 7) is 20.6. The standard InChI is InChI=1S/C43H55N/c1-9-35-22-26-39(27-23-35)43(38-14-12-11-13-15-38,40-28-24-36(10-2)25-29-40)31-30-41(5,6)32-42(7,8)44-34(4)18-21-37-19-16-33(3)17-20-37/h11-17,19-20,22-29,44H,4,9-10,18,21,30-32H2,1-3,5-8H3. The first-order chi connectivity index (χ1) is 21.0. The lowest BCUT2D eigenvalue weighted by atomic mass is 9.63. The van der Waals surface area contributed by atoms with E-state index in [1.54, 1.807) is 0 Å². The lowest BCUT2D eigenvalue weighted by Gasteiger charge is -2.41. The number of hydrogen-bond donors (Lipinski definition) is 1. The Morgan fingerprint density at radius 1 is 0.614 bits per heavy atom. The monoisotopic (exact) mass is 585 g/mol. The quantitative estimate of drug-likeness (QED) is 0.137. The molecule has 0 bridgehead atoms. The summed E-state index contributed by atoms with van der Waals surface area (Å²) in [6, 6.07) is 38.9. The topological polar surface area (TPSA) is 12.0 Å². The van der Waals surface area contributed by atoms with Crippen molar-refractivity contribution in [3.63, 3.8) is 0 Å². The summed E-state index contributed by atoms with van der Waals surface area (Å²) in [5.74, 6) is 0. The van der Waals surface area contributed by atoms with E-state index in [1.165, 1.54) is 38.9 Å². The van der Waals surface area contributed by atoms with E-state index in [1.807, 2.05) is 0 Å². The number of aryl methyl sites for hydroxylation is 4. The maximum Gasteiger partial charge on any atom is 0.0451 e. The molecule has 0 radical (unpaired) electrons. The van der Waals surface area contributed by atoms with Crippen LogP contribution in [0, 0.1) is 12.3 Å². The van der Waals surface area contributed by atoms with Crippen molar-refractivity contribution in [1.29, 1.82) is 0 Å². The van der Waals surface area contributed by atoms with Crippen LogP contribution in [0.2, 0.25) is 0 Å². The maximum absolute atomic E-state index is 4.42. The van der Waals surface area contributed by atoms with Crippen molar-refractivity contribution < 1.29 is 0 Å². The van der Waals surface area contributed by atoms with Crippen LogP contribution in [0.5, 0.6) is 0 Å². The first kappa shape index (κ1) is 33.3. The molecule has 4 aromatic rings. The molecule has 0 aromatic heterocycles. The molecule has 0 saturated carbocycles. The normalized spacial score (nSPS) is 12.2. The molecule has 1 nitrogen and oxygen atoms in total. The molecule has 0 atom stereocenters. The van der Waals surface area contributed by atoms with Gasteiger partial charge in [0.2, 0.25) is 0 Å². The Morgan fingerprint density at radius 2 is 1.09 bits per heavy atom. The minimum absolute atomic E-state index is 0.0607. The largest absolute Gasteiger partial charge is 0.384 e. The van der Waals surface area contributed by atoms with Crippen LogP contribution in [0.1, 0.15) is 106 Å². The van der Waals surface area contributed by atoms with Crippen LogP contribution in [0.25, 0.3) is 0 Å². The molecular weight excluding hydrogens is 530 g/mol. The van der Waals surface area contributed by atoms with Gasteiger partial charge >= 0.3 is 0 Å². The second-order valence-electron chi connectivity index (χ2n) is 14.3. The highest BCUT2D eigenvalue weighted by molar-refractivity contribution is 5.51. The van der Waals surface area contributed by atoms with Crippen LogP contribution in [0.4, 0.5) is 0 Å². The second kappa shape index (κ2) is 14.5. The second-order valence-corrected chi connectivity index (χ2v) is 14.3. The third-order valence-corrected chi connectivity index (χ3v) is 9.43. The molecule has 4 rings (SSSR count). The summed E-state index contributed by atoms with van der Waals surface area (Å²) >= 11 is 0. The van der Waals surface area contributed by atoms with Gasteiger partial charge in [0.1, 0.15) is 0 Å². The number of allylic oxidation sites excluding steroid dienone is 1. The Kier molecular flexibility index (Phi) is 11.0. The predicted octanol–water partition coefficient (Wildman–Crippen LogP) is 11.2. The lowest BCUT2D eigenvalue weighted by molar-refractivity contribution is 0.205. The van der Waals surface area contributed by atoms with Crippen LogP contribution in [0.3, 0.4) is 0 Å². The van der Waals surface area contributed by atoms with Gasteiger partial charge in [0.15, 0.2) is 0 Å². The van der Waals surface area contributed by atoms with E-state index in [0.29, 0.717) is 0 Å². The molecule has 44 heavy (non-hydrogen) atoms. The summed E-state index contributed by atoms with van der Waals surface area (Å²) < 4.78 is 0. The van der Waals surface area contributed by atoms with E-state index in [-0.39, 0.29) is 16.4 Å². The fourth-order valence-corrected chi connectivity index (χ4v) is 7.15. The Labute approximate surface area is 268 Å². The van der Waals surface area contributed by atoms with Gasteiger partial charge in [-0.15, -0.1) is 0 Å². The van der Waals surface area contributed by atoms with Gasteiger partial charge in [-0.05, 0) is 105 Å². The Hall–Kier alpha value is -3.58. The van der Waals surface area contributed by atoms with Crippen molar-refractivity contribution in [3.05, 3.63) is 154 Å². The SMILES string of the molecule is C=C(CCc1ccc(C)cc1)NC(C)(C)CC(C)(C)CCC(c1ccccc1)(c1ccc(CC)cc1)c1ccc(CC)cc1. The predicted molar refractivity (Wildman–Crippen MR) is 191 cm³/mol. The zero-order chi connectivity index (χ0) is 31.8. The van der Waals surface area contributed by atoms with E-state index in [4.69, 9.17) is 0 Å². The van der Waals surface area contributed by atoms with Gasteiger partial charge < -0.3 is 5.32 Å². The minimum Gasteiger partial charge on any atom is -0.384 e. The Morgan fingerprint density at radius 3 is 1.59 bits per heavy atom. The van der Waals surface area contributed by atoms with Crippen LogP contribution in [-0.2, 0) is 24.7 Å². The summed E-state index contributed by atoms with van der Waals surface area (Å²) in [5.41, 5.74) is 10.5. The molecule has 0 saturated heterocycles. The van der Waals surface area contributed by atoms with E-state index >= 15 is 0 Å². The van der Waals surface area contributed by atoms with Gasteiger partial charge in [0.05, 0.1) is 0 Å². The third kappa shape index (κ3) is 8.53. The van der Waals surface area contributed by atoms with Crippen LogP contribution < -0.4 is 5.32 Å². The molecule has 1 heteroatoms. The van der Waals surface area contributed by atoms with E-state index in [9.17, 15) is 0 Å². The molecule has 1 N–H and O–H groups in total. The van der Waals surface area contributed by atoms with Crippen molar-refractivity contribution in [2.75, 3.05) is 0 Å². The van der Waals surface area contributed by atoms with Crippen LogP contribution in [0.15, 0.2) is 115 Å². The molecule has 0 heterocycles. The molecule has 0 aliphatic carbocycles. The highest BCUT2D eigenvalue weighted by Crippen LogP contribution is 2.46. The molecule has 0 aliphatic rings. The average molecular weight is 586 g/mol. The lowest BCUT2D eigenvalue weighted by Crippen LogP contribution is -2.42. The van der Waals surface area contributed by atoms with Crippen molar-refractivity contribution in [2.45, 2.75) is 104 Å². The minimum atomic E-state index is -0.230. The van der Waals surface area contributed by atoms with Gasteiger partial charge in [-0.1, -0.05) is 143 Å². The first-order valence-electron chi connectivity index (χ1n) is 16.7. The van der Waals surface area contributed by atoms with Gasteiger partial charge in [-0.2, -0.15) is 0 Å². The summed E-state index contributed by atoms with van der Waals surface area (Å²) in [4.78, 5) is 0. The van der Waals surface area contributed by atoms with E-state index in [2.05, 4.69) is 163 Å². The molecule has 0 unspecified atom stereocenters. The number of hydrogen-bond acceptors (Lipinski definition) is 1. The van der Waals surface area contributed by atoms with Gasteiger partial charge in [0, 0.05) is 16.7 Å². The van der Waals surface area contributed by atoms with Gasteiger partial charge in [-0.3, -0.25) is 0 Å². The third-order valence-electron chi connectivity index (χ3n) is 9.43. The van der Waals surface area contributed by atoms with Crippen molar-refractivity contribution in [1.82, 2.24) is 5.32 Å². The highest BCUT2D eigenvalue weighted by Gasteiger charge is 2.39. The van der Waals surface area contributed by atoms with Crippen molar-refractivity contribution in [2.24, 2.45) is 5.41 Å². The molecule has 0 amide bonds. The Bertz CT molecular complexity index is 1410. The van der Waals surface area contributed by atoms with Crippen LogP contribution in [-0.4, -0.2) is 5.54 Å². The Balaban J connectivity index is 1.59. The fourth-order valence-electron chi connectivity index (χ4n) is 7.15. The van der Waals surface area contributed by atoms with Gasteiger partial charge in [-0.25, -0.2) is 0 Å². The molecule has 4 aromatic carbocycles. The zero-order valence-electron chi connectivity index (χ0n) is 28.5. The number of nitrogens with one attached hydrogen (secondary N) is 1. The van der Waals surface area contributed by atoms with Gasteiger partial charge in [0.25, 0.3) is 0 Å². The summed E-state index contributed by atoms with van der Waals surface area (Å²) in [7, 11) is 0. The molecule has 0 fully saturated rings. The molecule has 0 aliphatic heterocycles. The summed E-state index contributed by atoms with van der Waals surface area (Å²) in [5, 5.41) is 3.82. The number of benzene rings is 4. The van der Waals surface area contributed by atoms with Crippen LogP contribution >= 0.6 is 0 Å². The average Bonchev–Trinajstić information content (AvgIpc) is 3.01. The molecular formula is C43H55N.